The van der Waals surface area contributed by atoms with Crippen molar-refractivity contribution in [2.24, 2.45) is 4.99 Å². The van der Waals surface area contributed by atoms with E-state index >= 15 is 0 Å². The smallest absolute Gasteiger partial charge is 0.239 e. The van der Waals surface area contributed by atoms with Crippen molar-refractivity contribution in [3.63, 3.8) is 0 Å². The Balaban J connectivity index is 0.00000529. The third-order valence-electron chi connectivity index (χ3n) is 2.97. The van der Waals surface area contributed by atoms with Gasteiger partial charge in [-0.3, -0.25) is 9.79 Å². The topological polar surface area (TPSA) is 101 Å². The van der Waals surface area contributed by atoms with Gasteiger partial charge in [0.1, 0.15) is 5.76 Å². The van der Waals surface area contributed by atoms with Gasteiger partial charge in [-0.25, -0.2) is 4.98 Å². The summed E-state index contributed by atoms with van der Waals surface area (Å²) in [7, 11) is 3.22. The Kier molecular flexibility index (Phi) is 10.6. The average Bonchev–Trinajstić information content (AvgIpc) is 2.97. The van der Waals surface area contributed by atoms with E-state index in [-0.39, 0.29) is 41.8 Å². The molecule has 1 aromatic rings. The van der Waals surface area contributed by atoms with Gasteiger partial charge in [0.05, 0.1) is 25.9 Å². The molecule has 0 radical (unpaired) electrons. The van der Waals surface area contributed by atoms with Crippen LogP contribution in [0.25, 0.3) is 0 Å². The van der Waals surface area contributed by atoms with Crippen molar-refractivity contribution in [2.75, 3.05) is 33.9 Å². The summed E-state index contributed by atoms with van der Waals surface area (Å²) in [5.41, 5.74) is -0.0779. The maximum absolute atomic E-state index is 11.6. The van der Waals surface area contributed by atoms with Crippen LogP contribution >= 0.6 is 24.0 Å². The minimum atomic E-state index is -0.129. The number of aromatic nitrogens is 1. The molecule has 0 aromatic carbocycles. The number of methoxy groups -OCH3 is 1. The number of carbonyl (C=O) groups excluding carboxylic acids is 1. The van der Waals surface area contributed by atoms with Crippen molar-refractivity contribution in [3.05, 3.63) is 17.8 Å². The molecule has 0 unspecified atom stereocenters. The first-order valence-corrected chi connectivity index (χ1v) is 7.52. The molecular weight excluding hydrogens is 425 g/mol. The Bertz CT molecular complexity index is 525. The molecule has 0 saturated carbocycles. The average molecular weight is 453 g/mol. The van der Waals surface area contributed by atoms with E-state index in [9.17, 15) is 4.79 Å². The number of carbonyl (C=O) groups is 1. The zero-order chi connectivity index (χ0) is 17.3. The third kappa shape index (κ3) is 8.48. The number of rotatable bonds is 7. The molecule has 1 rings (SSSR count). The molecule has 138 valence electrons. The highest BCUT2D eigenvalue weighted by Gasteiger charge is 2.19. The summed E-state index contributed by atoms with van der Waals surface area (Å²) in [4.78, 5) is 19.9. The Morgan fingerprint density at radius 3 is 2.58 bits per heavy atom. The van der Waals surface area contributed by atoms with E-state index in [0.717, 1.165) is 5.76 Å². The Hall–Kier alpha value is -1.36. The Morgan fingerprint density at radius 2 is 2.04 bits per heavy atom. The number of guanidine groups is 1. The fourth-order valence-electron chi connectivity index (χ4n) is 1.64. The summed E-state index contributed by atoms with van der Waals surface area (Å²) in [6.07, 6.45) is 1.73. The molecule has 1 aromatic heterocycles. The van der Waals surface area contributed by atoms with Crippen molar-refractivity contribution < 1.29 is 13.9 Å². The molecule has 24 heavy (non-hydrogen) atoms. The minimum Gasteiger partial charge on any atom is -0.443 e. The van der Waals surface area contributed by atoms with E-state index in [4.69, 9.17) is 9.15 Å². The van der Waals surface area contributed by atoms with E-state index in [0.29, 0.717) is 31.5 Å². The fourth-order valence-corrected chi connectivity index (χ4v) is 1.64. The van der Waals surface area contributed by atoms with E-state index < -0.39 is 0 Å². The van der Waals surface area contributed by atoms with Crippen LogP contribution in [0, 0.1) is 0 Å². The lowest BCUT2D eigenvalue weighted by atomic mass is 9.94. The zero-order valence-electron chi connectivity index (χ0n) is 14.9. The molecule has 0 atom stereocenters. The first kappa shape index (κ1) is 22.6. The molecule has 9 heteroatoms. The van der Waals surface area contributed by atoms with Gasteiger partial charge in [-0.05, 0) is 0 Å². The number of aliphatic imine (C=N–C) groups is 1. The van der Waals surface area contributed by atoms with Crippen LogP contribution in [0.2, 0.25) is 0 Å². The number of oxazole rings is 1. The summed E-state index contributed by atoms with van der Waals surface area (Å²) in [5.74, 6) is 1.77. The molecular formula is C15H28IN5O3. The maximum Gasteiger partial charge on any atom is 0.239 e. The molecule has 0 spiro atoms. The van der Waals surface area contributed by atoms with Crippen molar-refractivity contribution in [1.82, 2.24) is 20.9 Å². The molecule has 0 saturated heterocycles. The standard InChI is InChI=1S/C15H27N5O3.HI/c1-15(2,3)11-8-18-13(23-11)10-20-14(16-4)19-9-12(21)17-6-7-22-5;/h8H,6-7,9-10H2,1-5H3,(H,17,21)(H2,16,19,20);1H. The lowest BCUT2D eigenvalue weighted by Gasteiger charge is -2.13. The molecule has 1 heterocycles. The molecule has 8 nitrogen and oxygen atoms in total. The summed E-state index contributed by atoms with van der Waals surface area (Å²) in [6.45, 7) is 7.67. The summed E-state index contributed by atoms with van der Waals surface area (Å²) in [6, 6.07) is 0. The lowest BCUT2D eigenvalue weighted by Crippen LogP contribution is -2.43. The van der Waals surface area contributed by atoms with Gasteiger partial charge in [0.2, 0.25) is 11.8 Å². The minimum absolute atomic E-state index is 0. The van der Waals surface area contributed by atoms with Crippen molar-refractivity contribution >= 4 is 35.8 Å². The molecule has 0 fully saturated rings. The van der Waals surface area contributed by atoms with Crippen LogP contribution in [0.15, 0.2) is 15.6 Å². The van der Waals surface area contributed by atoms with Gasteiger partial charge in [-0.15, -0.1) is 24.0 Å². The van der Waals surface area contributed by atoms with E-state index in [2.05, 4.69) is 46.7 Å². The van der Waals surface area contributed by atoms with Crippen LogP contribution in [0.1, 0.15) is 32.4 Å². The number of halogens is 1. The number of ether oxygens (including phenoxy) is 1. The van der Waals surface area contributed by atoms with E-state index in [1.54, 1.807) is 20.4 Å². The summed E-state index contributed by atoms with van der Waals surface area (Å²) >= 11 is 0. The lowest BCUT2D eigenvalue weighted by molar-refractivity contribution is -0.120. The van der Waals surface area contributed by atoms with Gasteiger partial charge < -0.3 is 25.1 Å². The van der Waals surface area contributed by atoms with Gasteiger partial charge in [-0.1, -0.05) is 20.8 Å². The van der Waals surface area contributed by atoms with Gasteiger partial charge in [0.25, 0.3) is 0 Å². The van der Waals surface area contributed by atoms with Crippen LogP contribution in [0.3, 0.4) is 0 Å². The number of nitrogens with one attached hydrogen (secondary N) is 3. The number of amides is 1. The van der Waals surface area contributed by atoms with Crippen LogP contribution in [0.4, 0.5) is 0 Å². The maximum atomic E-state index is 11.6. The third-order valence-corrected chi connectivity index (χ3v) is 2.97. The van der Waals surface area contributed by atoms with Gasteiger partial charge in [0.15, 0.2) is 5.96 Å². The zero-order valence-corrected chi connectivity index (χ0v) is 17.3. The molecule has 0 bridgehead atoms. The van der Waals surface area contributed by atoms with Crippen LogP contribution in [-0.4, -0.2) is 50.7 Å². The molecule has 3 N–H and O–H groups in total. The second-order valence-corrected chi connectivity index (χ2v) is 5.99. The molecule has 0 aliphatic carbocycles. The normalized spacial score (nSPS) is 11.6. The van der Waals surface area contributed by atoms with Gasteiger partial charge in [0, 0.05) is 26.1 Å². The highest BCUT2D eigenvalue weighted by molar-refractivity contribution is 14.0. The van der Waals surface area contributed by atoms with Crippen LogP contribution < -0.4 is 16.0 Å². The number of hydrogen-bond donors (Lipinski definition) is 3. The van der Waals surface area contributed by atoms with Crippen LogP contribution in [0.5, 0.6) is 0 Å². The monoisotopic (exact) mass is 453 g/mol. The fraction of sp³-hybridized carbons (Fsp3) is 0.667. The second-order valence-electron chi connectivity index (χ2n) is 5.99. The highest BCUT2D eigenvalue weighted by atomic mass is 127. The largest absolute Gasteiger partial charge is 0.443 e. The SMILES string of the molecule is CN=C(NCC(=O)NCCOC)NCc1ncc(C(C)(C)C)o1.I. The number of hydrogen-bond acceptors (Lipinski definition) is 5. The highest BCUT2D eigenvalue weighted by Crippen LogP contribution is 2.22. The molecule has 0 aliphatic heterocycles. The number of nitrogens with zero attached hydrogens (tertiary/aromatic N) is 2. The summed E-state index contributed by atoms with van der Waals surface area (Å²) < 4.78 is 10.5. The van der Waals surface area contributed by atoms with Crippen molar-refractivity contribution in [1.29, 1.82) is 0 Å². The van der Waals surface area contributed by atoms with Crippen LogP contribution in [-0.2, 0) is 21.5 Å². The quantitative estimate of drug-likeness (QED) is 0.247. The van der Waals surface area contributed by atoms with Crippen molar-refractivity contribution in [2.45, 2.75) is 32.7 Å². The van der Waals surface area contributed by atoms with Gasteiger partial charge >= 0.3 is 0 Å². The van der Waals surface area contributed by atoms with E-state index in [1.165, 1.54) is 0 Å². The van der Waals surface area contributed by atoms with Crippen molar-refractivity contribution in [3.8, 4) is 0 Å². The first-order chi connectivity index (χ1) is 10.9. The van der Waals surface area contributed by atoms with Gasteiger partial charge in [-0.2, -0.15) is 0 Å². The molecule has 1 amide bonds. The molecule has 0 aliphatic rings. The van der Waals surface area contributed by atoms with E-state index in [1.807, 2.05) is 0 Å². The second kappa shape index (κ2) is 11.2. The first-order valence-electron chi connectivity index (χ1n) is 7.52. The predicted octanol–water partition coefficient (Wildman–Crippen LogP) is 1.02. The Morgan fingerprint density at radius 1 is 1.33 bits per heavy atom. The Labute approximate surface area is 160 Å². The summed E-state index contributed by atoms with van der Waals surface area (Å²) in [5, 5.41) is 8.69. The predicted molar refractivity (Wildman–Crippen MR) is 104 cm³/mol.